The lowest BCUT2D eigenvalue weighted by Crippen LogP contribution is -2.51. The minimum atomic E-state index is 0.0930. The summed E-state index contributed by atoms with van der Waals surface area (Å²) in [5, 5.41) is 3.69. The Balaban J connectivity index is 2.40. The van der Waals surface area contributed by atoms with Gasteiger partial charge in [0.2, 0.25) is 0 Å². The number of hydrogen-bond donors (Lipinski definition) is 1. The fourth-order valence-electron chi connectivity index (χ4n) is 3.38. The molecule has 2 atom stereocenters. The number of ether oxygens (including phenoxy) is 1. The van der Waals surface area contributed by atoms with E-state index in [4.69, 9.17) is 4.74 Å². The highest BCUT2D eigenvalue weighted by molar-refractivity contribution is 4.91. The summed E-state index contributed by atoms with van der Waals surface area (Å²) in [6.45, 7) is 13.4. The van der Waals surface area contributed by atoms with Crippen LogP contribution in [0.4, 0.5) is 0 Å². The van der Waals surface area contributed by atoms with Gasteiger partial charge in [-0.05, 0) is 46.0 Å². The second-order valence-corrected chi connectivity index (χ2v) is 8.25. The summed E-state index contributed by atoms with van der Waals surface area (Å²) >= 11 is 0. The van der Waals surface area contributed by atoms with E-state index in [1.165, 1.54) is 57.8 Å². The maximum Gasteiger partial charge on any atom is 0.0809 e. The molecule has 1 aliphatic carbocycles. The molecule has 0 aromatic heterocycles. The van der Waals surface area contributed by atoms with Crippen molar-refractivity contribution in [2.24, 2.45) is 5.92 Å². The highest BCUT2D eigenvalue weighted by atomic mass is 16.5. The van der Waals surface area contributed by atoms with E-state index in [-0.39, 0.29) is 11.1 Å². The molecule has 1 aliphatic rings. The van der Waals surface area contributed by atoms with Gasteiger partial charge in [0.25, 0.3) is 0 Å². The minimum Gasteiger partial charge on any atom is -0.374 e. The Bertz CT molecular complexity index is 271. The minimum absolute atomic E-state index is 0.0930. The lowest BCUT2D eigenvalue weighted by atomic mass is 9.78. The van der Waals surface area contributed by atoms with Crippen molar-refractivity contribution >= 4 is 0 Å². The third-order valence-electron chi connectivity index (χ3n) is 4.65. The average Bonchev–Trinajstić information content (AvgIpc) is 2.40. The molecule has 0 aromatic rings. The molecule has 2 heteroatoms. The van der Waals surface area contributed by atoms with E-state index < -0.39 is 0 Å². The summed E-state index contributed by atoms with van der Waals surface area (Å²) in [4.78, 5) is 0. The van der Waals surface area contributed by atoms with Crippen LogP contribution in [0.25, 0.3) is 0 Å². The van der Waals surface area contributed by atoms with Gasteiger partial charge in [0.05, 0.1) is 5.60 Å². The average molecular weight is 298 g/mol. The fraction of sp³-hybridized carbons (Fsp3) is 1.00. The predicted octanol–water partition coefficient (Wildman–Crippen LogP) is 5.31. The Morgan fingerprint density at radius 3 is 2.48 bits per heavy atom. The van der Waals surface area contributed by atoms with Crippen molar-refractivity contribution in [2.75, 3.05) is 13.2 Å². The van der Waals surface area contributed by atoms with Crippen LogP contribution in [0.5, 0.6) is 0 Å². The van der Waals surface area contributed by atoms with Gasteiger partial charge in [-0.3, -0.25) is 0 Å². The maximum absolute atomic E-state index is 6.45. The first kappa shape index (κ1) is 19.0. The molecule has 0 spiro atoms. The predicted molar refractivity (Wildman–Crippen MR) is 92.8 cm³/mol. The van der Waals surface area contributed by atoms with Gasteiger partial charge in [0.1, 0.15) is 0 Å². The zero-order chi connectivity index (χ0) is 15.8. The Labute approximate surface area is 133 Å². The van der Waals surface area contributed by atoms with Crippen LogP contribution in [0.3, 0.4) is 0 Å². The number of rotatable bonds is 9. The highest BCUT2D eigenvalue weighted by Gasteiger charge is 2.36. The highest BCUT2D eigenvalue weighted by Crippen LogP contribution is 2.35. The van der Waals surface area contributed by atoms with Crippen LogP contribution in [-0.2, 0) is 4.74 Å². The first-order valence-corrected chi connectivity index (χ1v) is 9.26. The molecule has 0 bridgehead atoms. The van der Waals surface area contributed by atoms with Gasteiger partial charge in [-0.1, -0.05) is 52.4 Å². The summed E-state index contributed by atoms with van der Waals surface area (Å²) in [5.74, 6) is 0.806. The zero-order valence-electron chi connectivity index (χ0n) is 15.3. The largest absolute Gasteiger partial charge is 0.374 e. The topological polar surface area (TPSA) is 21.3 Å². The van der Waals surface area contributed by atoms with Crippen LogP contribution in [0.1, 0.15) is 92.4 Å². The van der Waals surface area contributed by atoms with Gasteiger partial charge < -0.3 is 10.1 Å². The van der Waals surface area contributed by atoms with Crippen LogP contribution < -0.4 is 5.32 Å². The lowest BCUT2D eigenvalue weighted by molar-refractivity contribution is -0.0831. The quantitative estimate of drug-likeness (QED) is 0.582. The molecular formula is C19H39NO. The van der Waals surface area contributed by atoms with Gasteiger partial charge in [-0.2, -0.15) is 0 Å². The Hall–Kier alpha value is -0.0800. The first-order valence-electron chi connectivity index (χ1n) is 9.26. The smallest absolute Gasteiger partial charge is 0.0809 e. The number of hydrogen-bond acceptors (Lipinski definition) is 2. The van der Waals surface area contributed by atoms with Crippen molar-refractivity contribution in [3.05, 3.63) is 0 Å². The van der Waals surface area contributed by atoms with E-state index in [9.17, 15) is 0 Å². The standard InChI is InChI=1S/C19H39NO/c1-6-7-8-9-10-14-21-19(16-20-18(3,4)5)13-11-12-17(2)15-19/h17,20H,6-16H2,1-5H3. The Morgan fingerprint density at radius 1 is 1.14 bits per heavy atom. The van der Waals surface area contributed by atoms with E-state index in [0.717, 1.165) is 19.1 Å². The fourth-order valence-corrected chi connectivity index (χ4v) is 3.38. The molecule has 0 amide bonds. The SMILES string of the molecule is CCCCCCCOC1(CNC(C)(C)C)CCCC(C)C1. The third-order valence-corrected chi connectivity index (χ3v) is 4.65. The van der Waals surface area contributed by atoms with E-state index in [0.29, 0.717) is 0 Å². The molecule has 1 fully saturated rings. The van der Waals surface area contributed by atoms with Gasteiger partial charge in [-0.15, -0.1) is 0 Å². The van der Waals surface area contributed by atoms with E-state index in [1.807, 2.05) is 0 Å². The first-order chi connectivity index (χ1) is 9.87. The van der Waals surface area contributed by atoms with Gasteiger partial charge in [0.15, 0.2) is 0 Å². The van der Waals surface area contributed by atoms with Crippen molar-refractivity contribution in [1.82, 2.24) is 5.32 Å². The Kier molecular flexibility index (Phi) is 8.26. The molecule has 0 radical (unpaired) electrons. The summed E-state index contributed by atoms with van der Waals surface area (Å²) in [6, 6.07) is 0. The van der Waals surface area contributed by atoms with Gasteiger partial charge >= 0.3 is 0 Å². The van der Waals surface area contributed by atoms with Crippen LogP contribution in [0, 0.1) is 5.92 Å². The van der Waals surface area contributed by atoms with Crippen molar-refractivity contribution < 1.29 is 4.74 Å². The summed E-state index contributed by atoms with van der Waals surface area (Å²) in [5.41, 5.74) is 0.272. The van der Waals surface area contributed by atoms with Crippen molar-refractivity contribution in [3.63, 3.8) is 0 Å². The van der Waals surface area contributed by atoms with Crippen LogP contribution in [0.15, 0.2) is 0 Å². The molecule has 2 nitrogen and oxygen atoms in total. The number of unbranched alkanes of at least 4 members (excludes halogenated alkanes) is 4. The molecule has 126 valence electrons. The normalized spacial score (nSPS) is 27.0. The molecule has 2 unspecified atom stereocenters. The molecule has 21 heavy (non-hydrogen) atoms. The van der Waals surface area contributed by atoms with Crippen LogP contribution >= 0.6 is 0 Å². The second-order valence-electron chi connectivity index (χ2n) is 8.25. The summed E-state index contributed by atoms with van der Waals surface area (Å²) < 4.78 is 6.45. The number of nitrogens with one attached hydrogen (secondary N) is 1. The van der Waals surface area contributed by atoms with Crippen molar-refractivity contribution in [2.45, 2.75) is 104 Å². The molecule has 0 saturated heterocycles. The molecule has 1 saturated carbocycles. The summed E-state index contributed by atoms with van der Waals surface area (Å²) in [6.07, 6.45) is 11.8. The molecule has 0 aromatic carbocycles. The zero-order valence-corrected chi connectivity index (χ0v) is 15.3. The summed E-state index contributed by atoms with van der Waals surface area (Å²) in [7, 11) is 0. The van der Waals surface area contributed by atoms with E-state index >= 15 is 0 Å². The van der Waals surface area contributed by atoms with Crippen molar-refractivity contribution in [3.8, 4) is 0 Å². The molecule has 1 rings (SSSR count). The van der Waals surface area contributed by atoms with Gasteiger partial charge in [-0.25, -0.2) is 0 Å². The molecular weight excluding hydrogens is 258 g/mol. The molecule has 0 heterocycles. The molecule has 1 N–H and O–H groups in total. The lowest BCUT2D eigenvalue weighted by Gasteiger charge is -2.42. The monoisotopic (exact) mass is 297 g/mol. The van der Waals surface area contributed by atoms with Crippen molar-refractivity contribution in [1.29, 1.82) is 0 Å². The van der Waals surface area contributed by atoms with E-state index in [1.54, 1.807) is 0 Å². The van der Waals surface area contributed by atoms with Crippen LogP contribution in [0.2, 0.25) is 0 Å². The second kappa shape index (κ2) is 9.15. The third kappa shape index (κ3) is 8.21. The van der Waals surface area contributed by atoms with Gasteiger partial charge in [0, 0.05) is 18.7 Å². The van der Waals surface area contributed by atoms with Crippen LogP contribution in [-0.4, -0.2) is 24.3 Å². The molecule has 0 aliphatic heterocycles. The Morgan fingerprint density at radius 2 is 1.86 bits per heavy atom. The maximum atomic E-state index is 6.45. The van der Waals surface area contributed by atoms with E-state index in [2.05, 4.69) is 39.9 Å².